The third-order valence-corrected chi connectivity index (χ3v) is 3.67. The summed E-state index contributed by atoms with van der Waals surface area (Å²) in [5, 5.41) is 0. The van der Waals surface area contributed by atoms with Crippen LogP contribution in [0.4, 0.5) is 0 Å². The molecule has 1 aromatic heterocycles. The summed E-state index contributed by atoms with van der Waals surface area (Å²) in [4.78, 5) is 7.02. The van der Waals surface area contributed by atoms with Gasteiger partial charge in [-0.15, -0.1) is 0 Å². The Morgan fingerprint density at radius 1 is 1.47 bits per heavy atom. The van der Waals surface area contributed by atoms with Gasteiger partial charge in [0, 0.05) is 17.8 Å². The van der Waals surface area contributed by atoms with E-state index < -0.39 is 0 Å². The molecule has 0 aromatic carbocycles. The summed E-state index contributed by atoms with van der Waals surface area (Å²) in [6.07, 6.45) is 7.04. The maximum absolute atomic E-state index is 5.87. The normalized spacial score (nSPS) is 20.1. The first-order chi connectivity index (χ1) is 9.22. The van der Waals surface area contributed by atoms with Crippen LogP contribution in [0, 0.1) is 0 Å². The fraction of sp³-hybridized carbons (Fsp3) is 0.688. The van der Waals surface area contributed by atoms with Crippen LogP contribution in [0.5, 0.6) is 5.88 Å². The van der Waals surface area contributed by atoms with Crippen molar-refractivity contribution in [3.63, 3.8) is 0 Å². The molecule has 0 spiro atoms. The SMILES string of the molecule is CCCCN1CCC[C@H]1c1cccnc1OC(C)C. The van der Waals surface area contributed by atoms with Gasteiger partial charge in [-0.1, -0.05) is 19.4 Å². The standard InChI is InChI=1S/C16H26N2O/c1-4-5-11-18-12-7-9-15(18)14-8-6-10-17-16(14)19-13(2)3/h6,8,10,13,15H,4-5,7,9,11-12H2,1-3H3/t15-/m0/s1. The van der Waals surface area contributed by atoms with Gasteiger partial charge < -0.3 is 4.74 Å². The fourth-order valence-corrected chi connectivity index (χ4v) is 2.79. The number of hydrogen-bond acceptors (Lipinski definition) is 3. The van der Waals surface area contributed by atoms with Crippen molar-refractivity contribution in [1.82, 2.24) is 9.88 Å². The second kappa shape index (κ2) is 6.90. The number of ether oxygens (including phenoxy) is 1. The highest BCUT2D eigenvalue weighted by molar-refractivity contribution is 5.30. The Morgan fingerprint density at radius 2 is 2.32 bits per heavy atom. The Morgan fingerprint density at radius 3 is 3.05 bits per heavy atom. The van der Waals surface area contributed by atoms with Gasteiger partial charge in [-0.3, -0.25) is 4.90 Å². The third-order valence-electron chi connectivity index (χ3n) is 3.67. The maximum atomic E-state index is 5.87. The number of hydrogen-bond donors (Lipinski definition) is 0. The van der Waals surface area contributed by atoms with Crippen LogP contribution in [0.15, 0.2) is 18.3 Å². The largest absolute Gasteiger partial charge is 0.475 e. The number of pyridine rings is 1. The van der Waals surface area contributed by atoms with E-state index in [1.807, 2.05) is 12.3 Å². The molecule has 0 radical (unpaired) electrons. The molecule has 2 heterocycles. The van der Waals surface area contributed by atoms with Gasteiger partial charge in [-0.2, -0.15) is 0 Å². The zero-order valence-corrected chi connectivity index (χ0v) is 12.4. The Hall–Kier alpha value is -1.09. The molecule has 0 aliphatic carbocycles. The highest BCUT2D eigenvalue weighted by atomic mass is 16.5. The molecular formula is C16H26N2O. The summed E-state index contributed by atoms with van der Waals surface area (Å²) < 4.78 is 5.87. The van der Waals surface area contributed by atoms with Gasteiger partial charge in [-0.25, -0.2) is 4.98 Å². The van der Waals surface area contributed by atoms with Gasteiger partial charge >= 0.3 is 0 Å². The molecular weight excluding hydrogens is 236 g/mol. The molecule has 1 aliphatic heterocycles. The van der Waals surface area contributed by atoms with Gasteiger partial charge in [0.15, 0.2) is 0 Å². The molecule has 0 saturated carbocycles. The van der Waals surface area contributed by atoms with E-state index >= 15 is 0 Å². The highest BCUT2D eigenvalue weighted by Crippen LogP contribution is 2.36. The first-order valence-electron chi connectivity index (χ1n) is 7.58. The molecule has 1 saturated heterocycles. The molecule has 1 aliphatic rings. The van der Waals surface area contributed by atoms with E-state index in [1.54, 1.807) is 0 Å². The van der Waals surface area contributed by atoms with Crippen LogP contribution in [0.2, 0.25) is 0 Å². The summed E-state index contributed by atoms with van der Waals surface area (Å²) in [6.45, 7) is 8.77. The molecule has 0 bridgehead atoms. The molecule has 19 heavy (non-hydrogen) atoms. The fourth-order valence-electron chi connectivity index (χ4n) is 2.79. The molecule has 106 valence electrons. The lowest BCUT2D eigenvalue weighted by atomic mass is 10.1. The van der Waals surface area contributed by atoms with Crippen LogP contribution in [-0.4, -0.2) is 29.1 Å². The van der Waals surface area contributed by atoms with E-state index in [-0.39, 0.29) is 6.10 Å². The van der Waals surface area contributed by atoms with Crippen molar-refractivity contribution in [2.75, 3.05) is 13.1 Å². The smallest absolute Gasteiger partial charge is 0.218 e. The lowest BCUT2D eigenvalue weighted by Gasteiger charge is -2.26. The minimum absolute atomic E-state index is 0.180. The molecule has 2 rings (SSSR count). The molecule has 0 unspecified atom stereocenters. The summed E-state index contributed by atoms with van der Waals surface area (Å²) in [5.74, 6) is 0.825. The van der Waals surface area contributed by atoms with E-state index in [4.69, 9.17) is 4.74 Å². The van der Waals surface area contributed by atoms with Crippen LogP contribution in [-0.2, 0) is 0 Å². The Labute approximate surface area is 117 Å². The Kier molecular flexibility index (Phi) is 5.20. The summed E-state index contributed by atoms with van der Waals surface area (Å²) in [7, 11) is 0. The van der Waals surface area contributed by atoms with E-state index in [0.717, 1.165) is 5.88 Å². The van der Waals surface area contributed by atoms with Crippen molar-refractivity contribution in [1.29, 1.82) is 0 Å². The van der Waals surface area contributed by atoms with Crippen LogP contribution < -0.4 is 4.74 Å². The van der Waals surface area contributed by atoms with Gasteiger partial charge in [-0.05, 0) is 52.3 Å². The zero-order valence-electron chi connectivity index (χ0n) is 12.4. The minimum atomic E-state index is 0.180. The molecule has 0 amide bonds. The van der Waals surface area contributed by atoms with Gasteiger partial charge in [0.25, 0.3) is 0 Å². The molecule has 0 N–H and O–H groups in total. The number of unbranched alkanes of at least 4 members (excludes halogenated alkanes) is 1. The van der Waals surface area contributed by atoms with Gasteiger partial charge in [0.2, 0.25) is 5.88 Å². The Balaban J connectivity index is 2.15. The first kappa shape index (κ1) is 14.3. The number of nitrogens with zero attached hydrogens (tertiary/aromatic N) is 2. The van der Waals surface area contributed by atoms with Crippen LogP contribution in [0.1, 0.15) is 58.1 Å². The predicted molar refractivity (Wildman–Crippen MR) is 78.5 cm³/mol. The van der Waals surface area contributed by atoms with E-state index in [9.17, 15) is 0 Å². The van der Waals surface area contributed by atoms with Crippen molar-refractivity contribution >= 4 is 0 Å². The zero-order chi connectivity index (χ0) is 13.7. The summed E-state index contributed by atoms with van der Waals surface area (Å²) in [5.41, 5.74) is 1.27. The first-order valence-corrected chi connectivity index (χ1v) is 7.58. The van der Waals surface area contributed by atoms with Crippen LogP contribution >= 0.6 is 0 Å². The van der Waals surface area contributed by atoms with Crippen LogP contribution in [0.3, 0.4) is 0 Å². The van der Waals surface area contributed by atoms with Crippen molar-refractivity contribution in [2.24, 2.45) is 0 Å². The van der Waals surface area contributed by atoms with Gasteiger partial charge in [0.1, 0.15) is 0 Å². The molecule has 1 aromatic rings. The summed E-state index contributed by atoms with van der Waals surface area (Å²) in [6, 6.07) is 4.70. The molecule has 1 atom stereocenters. The monoisotopic (exact) mass is 262 g/mol. The average molecular weight is 262 g/mol. The Bertz CT molecular complexity index is 392. The lowest BCUT2D eigenvalue weighted by Crippen LogP contribution is -2.25. The van der Waals surface area contributed by atoms with E-state index in [2.05, 4.69) is 36.7 Å². The topological polar surface area (TPSA) is 25.4 Å². The van der Waals surface area contributed by atoms with Crippen molar-refractivity contribution in [2.45, 2.75) is 58.6 Å². The van der Waals surface area contributed by atoms with Gasteiger partial charge in [0.05, 0.1) is 6.10 Å². The highest BCUT2D eigenvalue weighted by Gasteiger charge is 2.28. The van der Waals surface area contributed by atoms with E-state index in [0.29, 0.717) is 6.04 Å². The third kappa shape index (κ3) is 3.69. The van der Waals surface area contributed by atoms with Crippen molar-refractivity contribution < 1.29 is 4.74 Å². The summed E-state index contributed by atoms with van der Waals surface area (Å²) >= 11 is 0. The lowest BCUT2D eigenvalue weighted by molar-refractivity contribution is 0.211. The average Bonchev–Trinajstić information content (AvgIpc) is 2.84. The van der Waals surface area contributed by atoms with Crippen LogP contribution in [0.25, 0.3) is 0 Å². The van der Waals surface area contributed by atoms with E-state index in [1.165, 1.54) is 44.3 Å². The minimum Gasteiger partial charge on any atom is -0.475 e. The number of aromatic nitrogens is 1. The number of likely N-dealkylation sites (tertiary alicyclic amines) is 1. The number of rotatable bonds is 6. The second-order valence-corrected chi connectivity index (χ2v) is 5.61. The van der Waals surface area contributed by atoms with Crippen molar-refractivity contribution in [3.05, 3.63) is 23.9 Å². The second-order valence-electron chi connectivity index (χ2n) is 5.61. The maximum Gasteiger partial charge on any atom is 0.218 e. The molecule has 3 nitrogen and oxygen atoms in total. The molecule has 1 fully saturated rings. The molecule has 3 heteroatoms. The quantitative estimate of drug-likeness (QED) is 0.779. The van der Waals surface area contributed by atoms with Crippen molar-refractivity contribution in [3.8, 4) is 5.88 Å². The predicted octanol–water partition coefficient (Wildman–Crippen LogP) is 3.81.